The van der Waals surface area contributed by atoms with Crippen molar-refractivity contribution in [1.29, 1.82) is 0 Å². The lowest BCUT2D eigenvalue weighted by Gasteiger charge is -2.18. The van der Waals surface area contributed by atoms with Crippen molar-refractivity contribution >= 4 is 17.3 Å². The van der Waals surface area contributed by atoms with Gasteiger partial charge in [0.1, 0.15) is 6.04 Å². The molecule has 0 aliphatic carbocycles. The third kappa shape index (κ3) is 3.32. The topological polar surface area (TPSA) is 38.3 Å². The van der Waals surface area contributed by atoms with Gasteiger partial charge in [-0.1, -0.05) is 0 Å². The summed E-state index contributed by atoms with van der Waals surface area (Å²) in [5, 5.41) is 5.31. The zero-order valence-corrected chi connectivity index (χ0v) is 11.1. The molecule has 2 atom stereocenters. The van der Waals surface area contributed by atoms with Gasteiger partial charge in [0.15, 0.2) is 0 Å². The van der Waals surface area contributed by atoms with Crippen molar-refractivity contribution in [2.24, 2.45) is 0 Å². The second-order valence-corrected chi connectivity index (χ2v) is 4.78. The van der Waals surface area contributed by atoms with E-state index in [4.69, 9.17) is 4.74 Å². The monoisotopic (exact) mass is 241 g/mol. The normalized spacial score (nSPS) is 14.5. The van der Waals surface area contributed by atoms with Crippen LogP contribution in [0.4, 0.5) is 0 Å². The molecule has 90 valence electrons. The highest BCUT2D eigenvalue weighted by Gasteiger charge is 2.18. The number of nitrogens with one attached hydrogen (secondary N) is 1. The molecule has 1 rings (SSSR count). The average molecular weight is 241 g/mol. The van der Waals surface area contributed by atoms with Crippen molar-refractivity contribution in [1.82, 2.24) is 5.32 Å². The van der Waals surface area contributed by atoms with Gasteiger partial charge in [-0.15, -0.1) is 11.3 Å². The van der Waals surface area contributed by atoms with Crippen molar-refractivity contribution in [3.05, 3.63) is 21.9 Å². The summed E-state index contributed by atoms with van der Waals surface area (Å²) in [7, 11) is 0. The first-order chi connectivity index (χ1) is 7.56. The van der Waals surface area contributed by atoms with Crippen molar-refractivity contribution in [2.45, 2.75) is 39.8 Å². The molecule has 3 nitrogen and oxygen atoms in total. The molecule has 0 spiro atoms. The Morgan fingerprint density at radius 1 is 1.56 bits per heavy atom. The van der Waals surface area contributed by atoms with Crippen LogP contribution in [0.1, 0.15) is 37.3 Å². The van der Waals surface area contributed by atoms with Gasteiger partial charge in [-0.25, -0.2) is 0 Å². The summed E-state index contributed by atoms with van der Waals surface area (Å²) in [5.41, 5.74) is 1.26. The number of carbonyl (C=O) groups excluding carboxylic acids is 1. The highest BCUT2D eigenvalue weighted by atomic mass is 32.1. The zero-order valence-electron chi connectivity index (χ0n) is 10.2. The first kappa shape index (κ1) is 13.2. The van der Waals surface area contributed by atoms with Gasteiger partial charge in [0, 0.05) is 10.9 Å². The van der Waals surface area contributed by atoms with E-state index in [-0.39, 0.29) is 18.1 Å². The minimum Gasteiger partial charge on any atom is -0.465 e. The molecule has 1 N–H and O–H groups in total. The summed E-state index contributed by atoms with van der Waals surface area (Å²) in [6.07, 6.45) is 0. The summed E-state index contributed by atoms with van der Waals surface area (Å²) < 4.78 is 4.95. The third-order valence-electron chi connectivity index (χ3n) is 2.44. The van der Waals surface area contributed by atoms with Crippen molar-refractivity contribution in [3.63, 3.8) is 0 Å². The second-order valence-electron chi connectivity index (χ2n) is 3.83. The molecule has 0 aliphatic heterocycles. The van der Waals surface area contributed by atoms with Crippen molar-refractivity contribution < 1.29 is 9.53 Å². The Balaban J connectivity index is 2.54. The van der Waals surface area contributed by atoms with E-state index < -0.39 is 0 Å². The Hall–Kier alpha value is -0.870. The van der Waals surface area contributed by atoms with Crippen LogP contribution in [-0.2, 0) is 9.53 Å². The number of ether oxygens (including phenoxy) is 1. The quantitative estimate of drug-likeness (QED) is 0.805. The molecule has 1 aromatic rings. The molecule has 0 bridgehead atoms. The SMILES string of the molecule is CCOC(=O)C(C)NC(C)c1sccc1C. The van der Waals surface area contributed by atoms with Crippen LogP contribution in [0.2, 0.25) is 0 Å². The number of hydrogen-bond acceptors (Lipinski definition) is 4. The Morgan fingerprint density at radius 2 is 2.25 bits per heavy atom. The number of hydrogen-bond donors (Lipinski definition) is 1. The highest BCUT2D eigenvalue weighted by molar-refractivity contribution is 7.10. The van der Waals surface area contributed by atoms with Crippen LogP contribution in [0, 0.1) is 6.92 Å². The number of thiophene rings is 1. The fourth-order valence-corrected chi connectivity index (χ4v) is 2.56. The zero-order chi connectivity index (χ0) is 12.1. The van der Waals surface area contributed by atoms with Crippen LogP contribution < -0.4 is 5.32 Å². The van der Waals surface area contributed by atoms with Crippen LogP contribution >= 0.6 is 11.3 Å². The van der Waals surface area contributed by atoms with Gasteiger partial charge >= 0.3 is 5.97 Å². The van der Waals surface area contributed by atoms with E-state index in [1.54, 1.807) is 11.3 Å². The predicted octanol–water partition coefficient (Wildman–Crippen LogP) is 2.66. The first-order valence-corrected chi connectivity index (χ1v) is 6.40. The van der Waals surface area contributed by atoms with Crippen LogP contribution in [-0.4, -0.2) is 18.6 Å². The molecular formula is C12H19NO2S. The lowest BCUT2D eigenvalue weighted by molar-refractivity contribution is -0.145. The van der Waals surface area contributed by atoms with Gasteiger partial charge in [0.2, 0.25) is 0 Å². The summed E-state index contributed by atoms with van der Waals surface area (Å²) in [6, 6.07) is 2.00. The molecule has 0 saturated heterocycles. The third-order valence-corrected chi connectivity index (χ3v) is 3.64. The van der Waals surface area contributed by atoms with Crippen molar-refractivity contribution in [3.8, 4) is 0 Å². The van der Waals surface area contributed by atoms with Gasteiger partial charge in [-0.05, 0) is 44.7 Å². The van der Waals surface area contributed by atoms with E-state index in [2.05, 4.69) is 30.6 Å². The van der Waals surface area contributed by atoms with E-state index in [1.807, 2.05) is 13.8 Å². The molecule has 1 heterocycles. The summed E-state index contributed by atoms with van der Waals surface area (Å²) >= 11 is 1.71. The van der Waals surface area contributed by atoms with Gasteiger partial charge in [-0.3, -0.25) is 10.1 Å². The molecule has 0 saturated carbocycles. The van der Waals surface area contributed by atoms with E-state index in [9.17, 15) is 4.79 Å². The smallest absolute Gasteiger partial charge is 0.322 e. The van der Waals surface area contributed by atoms with E-state index in [0.29, 0.717) is 6.61 Å². The first-order valence-electron chi connectivity index (χ1n) is 5.53. The number of carbonyl (C=O) groups is 1. The van der Waals surface area contributed by atoms with Crippen LogP contribution in [0.5, 0.6) is 0 Å². The van der Waals surface area contributed by atoms with Gasteiger partial charge in [0.05, 0.1) is 6.61 Å². The number of rotatable bonds is 5. The maximum absolute atomic E-state index is 11.5. The van der Waals surface area contributed by atoms with Crippen molar-refractivity contribution in [2.75, 3.05) is 6.61 Å². The summed E-state index contributed by atoms with van der Waals surface area (Å²) in [5.74, 6) is -0.191. The maximum atomic E-state index is 11.5. The van der Waals surface area contributed by atoms with Crippen LogP contribution in [0.15, 0.2) is 11.4 Å². The molecule has 0 amide bonds. The predicted molar refractivity (Wildman–Crippen MR) is 66.7 cm³/mol. The van der Waals surface area contributed by atoms with Crippen LogP contribution in [0.25, 0.3) is 0 Å². The van der Waals surface area contributed by atoms with Crippen LogP contribution in [0.3, 0.4) is 0 Å². The summed E-state index contributed by atoms with van der Waals surface area (Å²) in [6.45, 7) is 8.22. The Kier molecular flexibility index (Phi) is 4.96. The maximum Gasteiger partial charge on any atom is 0.322 e. The Morgan fingerprint density at radius 3 is 2.75 bits per heavy atom. The van der Waals surface area contributed by atoms with E-state index in [0.717, 1.165) is 0 Å². The molecule has 16 heavy (non-hydrogen) atoms. The molecule has 4 heteroatoms. The molecule has 0 radical (unpaired) electrons. The van der Waals surface area contributed by atoms with E-state index >= 15 is 0 Å². The van der Waals surface area contributed by atoms with Gasteiger partial charge in [0.25, 0.3) is 0 Å². The van der Waals surface area contributed by atoms with Gasteiger partial charge < -0.3 is 4.74 Å². The molecule has 0 fully saturated rings. The molecule has 0 aromatic carbocycles. The average Bonchev–Trinajstić information content (AvgIpc) is 2.64. The second kappa shape index (κ2) is 6.01. The molecular weight excluding hydrogens is 222 g/mol. The Bertz CT molecular complexity index is 349. The number of esters is 1. The van der Waals surface area contributed by atoms with Gasteiger partial charge in [-0.2, -0.15) is 0 Å². The molecule has 0 aliphatic rings. The largest absolute Gasteiger partial charge is 0.465 e. The standard InChI is InChI=1S/C12H19NO2S/c1-5-15-12(14)10(4)13-9(3)11-8(2)6-7-16-11/h6-7,9-10,13H,5H2,1-4H3. The Labute approximate surface area is 101 Å². The highest BCUT2D eigenvalue weighted by Crippen LogP contribution is 2.23. The fourth-order valence-electron chi connectivity index (χ4n) is 1.61. The van der Waals surface area contributed by atoms with E-state index in [1.165, 1.54) is 10.4 Å². The summed E-state index contributed by atoms with van der Waals surface area (Å²) in [4.78, 5) is 12.7. The minimum absolute atomic E-state index is 0.180. The minimum atomic E-state index is -0.267. The number of aryl methyl sites for hydroxylation is 1. The lowest BCUT2D eigenvalue weighted by Crippen LogP contribution is -2.36. The lowest BCUT2D eigenvalue weighted by atomic mass is 10.1. The molecule has 1 aromatic heterocycles. The molecule has 2 unspecified atom stereocenters. The fraction of sp³-hybridized carbons (Fsp3) is 0.583.